The molecule has 0 saturated heterocycles. The van der Waals surface area contributed by atoms with E-state index in [0.717, 1.165) is 18.4 Å². The van der Waals surface area contributed by atoms with Crippen LogP contribution in [-0.2, 0) is 6.42 Å². The molecule has 0 aliphatic heterocycles. The van der Waals surface area contributed by atoms with Gasteiger partial charge in [0.05, 0.1) is 0 Å². The van der Waals surface area contributed by atoms with Crippen molar-refractivity contribution in [2.75, 3.05) is 0 Å². The van der Waals surface area contributed by atoms with Gasteiger partial charge in [-0.05, 0) is 43.0 Å². The third-order valence-electron chi connectivity index (χ3n) is 3.67. The summed E-state index contributed by atoms with van der Waals surface area (Å²) in [7, 11) is 0. The van der Waals surface area contributed by atoms with Crippen molar-refractivity contribution in [3.05, 3.63) is 71.5 Å². The maximum absolute atomic E-state index is 12.9. The molecule has 0 heterocycles. The van der Waals surface area contributed by atoms with Crippen LogP contribution in [-0.4, -0.2) is 6.04 Å². The fraction of sp³-hybridized carbons (Fsp3) is 0.333. The summed E-state index contributed by atoms with van der Waals surface area (Å²) < 4.78 is 12.9. The van der Waals surface area contributed by atoms with Crippen LogP contribution in [0.4, 0.5) is 4.39 Å². The van der Waals surface area contributed by atoms with Crippen molar-refractivity contribution in [3.8, 4) is 0 Å². The molecule has 106 valence electrons. The smallest absolute Gasteiger partial charge is 0.123 e. The normalized spacial score (nSPS) is 13.9. The molecule has 1 nitrogen and oxygen atoms in total. The first-order valence-electron chi connectivity index (χ1n) is 7.24. The van der Waals surface area contributed by atoms with Crippen molar-refractivity contribution >= 4 is 0 Å². The summed E-state index contributed by atoms with van der Waals surface area (Å²) in [6, 6.07) is 17.9. The highest BCUT2D eigenvalue weighted by molar-refractivity contribution is 5.20. The van der Waals surface area contributed by atoms with Crippen LogP contribution < -0.4 is 5.32 Å². The minimum Gasteiger partial charge on any atom is -0.307 e. The average Bonchev–Trinajstić information content (AvgIpc) is 2.48. The van der Waals surface area contributed by atoms with E-state index in [4.69, 9.17) is 0 Å². The molecule has 0 aliphatic rings. The van der Waals surface area contributed by atoms with E-state index in [-0.39, 0.29) is 11.9 Å². The van der Waals surface area contributed by atoms with Crippen LogP contribution in [0.5, 0.6) is 0 Å². The third-order valence-corrected chi connectivity index (χ3v) is 3.67. The minimum absolute atomic E-state index is 0.183. The fourth-order valence-electron chi connectivity index (χ4n) is 2.42. The molecule has 0 saturated carbocycles. The molecule has 2 rings (SSSR count). The Bertz CT molecular complexity index is 507. The van der Waals surface area contributed by atoms with E-state index in [1.54, 1.807) is 0 Å². The number of benzene rings is 2. The van der Waals surface area contributed by atoms with E-state index in [1.165, 1.54) is 17.7 Å². The van der Waals surface area contributed by atoms with Crippen molar-refractivity contribution < 1.29 is 4.39 Å². The Kier molecular flexibility index (Phi) is 5.31. The summed E-state index contributed by atoms with van der Waals surface area (Å²) in [6.45, 7) is 4.32. The van der Waals surface area contributed by atoms with Crippen LogP contribution in [0.25, 0.3) is 0 Å². The highest BCUT2D eigenvalue weighted by Gasteiger charge is 2.12. The van der Waals surface area contributed by atoms with Crippen LogP contribution in [0.15, 0.2) is 54.6 Å². The van der Waals surface area contributed by atoms with E-state index < -0.39 is 0 Å². The number of hydrogen-bond donors (Lipinski definition) is 1. The predicted octanol–water partition coefficient (Wildman–Crippen LogP) is 4.50. The van der Waals surface area contributed by atoms with Gasteiger partial charge in [0.1, 0.15) is 5.82 Å². The molecular formula is C18H22FN. The molecule has 0 aliphatic carbocycles. The van der Waals surface area contributed by atoms with Crippen LogP contribution in [0.3, 0.4) is 0 Å². The Morgan fingerprint density at radius 3 is 2.25 bits per heavy atom. The zero-order valence-corrected chi connectivity index (χ0v) is 12.1. The number of halogens is 1. The van der Waals surface area contributed by atoms with Gasteiger partial charge in [0.15, 0.2) is 0 Å². The lowest BCUT2D eigenvalue weighted by molar-refractivity contribution is 0.439. The van der Waals surface area contributed by atoms with Gasteiger partial charge in [-0.1, -0.05) is 49.4 Å². The highest BCUT2D eigenvalue weighted by Crippen LogP contribution is 2.16. The second kappa shape index (κ2) is 7.20. The van der Waals surface area contributed by atoms with Crippen molar-refractivity contribution in [2.45, 2.75) is 38.8 Å². The molecule has 1 unspecified atom stereocenters. The molecule has 2 heteroatoms. The zero-order valence-electron chi connectivity index (χ0n) is 12.1. The van der Waals surface area contributed by atoms with E-state index >= 15 is 0 Å². The zero-order chi connectivity index (χ0) is 14.4. The van der Waals surface area contributed by atoms with Gasteiger partial charge in [-0.15, -0.1) is 0 Å². The second-order valence-corrected chi connectivity index (χ2v) is 5.23. The van der Waals surface area contributed by atoms with Crippen LogP contribution in [0.2, 0.25) is 0 Å². The van der Waals surface area contributed by atoms with E-state index in [2.05, 4.69) is 43.4 Å². The SMILES string of the molecule is CCC(Cc1ccccc1)N[C@H](C)c1ccc(F)cc1. The maximum atomic E-state index is 12.9. The van der Waals surface area contributed by atoms with Crippen LogP contribution in [0, 0.1) is 5.82 Å². The summed E-state index contributed by atoms with van der Waals surface area (Å²) in [5.74, 6) is -0.183. The summed E-state index contributed by atoms with van der Waals surface area (Å²) in [5, 5.41) is 3.63. The Morgan fingerprint density at radius 2 is 1.65 bits per heavy atom. The summed E-state index contributed by atoms with van der Waals surface area (Å²) in [4.78, 5) is 0. The van der Waals surface area contributed by atoms with E-state index in [9.17, 15) is 4.39 Å². The Hall–Kier alpha value is -1.67. The van der Waals surface area contributed by atoms with Crippen LogP contribution >= 0.6 is 0 Å². The quantitative estimate of drug-likeness (QED) is 0.815. The fourth-order valence-corrected chi connectivity index (χ4v) is 2.42. The van der Waals surface area contributed by atoms with Gasteiger partial charge in [0, 0.05) is 12.1 Å². The molecule has 2 aromatic rings. The molecule has 0 bridgehead atoms. The summed E-state index contributed by atoms with van der Waals surface area (Å²) >= 11 is 0. The monoisotopic (exact) mass is 271 g/mol. The molecule has 0 amide bonds. The molecule has 1 N–H and O–H groups in total. The molecule has 0 fully saturated rings. The molecule has 2 atom stereocenters. The van der Waals surface area contributed by atoms with Gasteiger partial charge in [-0.3, -0.25) is 0 Å². The first kappa shape index (κ1) is 14.7. The van der Waals surface area contributed by atoms with E-state index in [0.29, 0.717) is 6.04 Å². The molecule has 0 radical (unpaired) electrons. The Balaban J connectivity index is 1.97. The molecule has 0 spiro atoms. The second-order valence-electron chi connectivity index (χ2n) is 5.23. The lowest BCUT2D eigenvalue weighted by Gasteiger charge is -2.23. The van der Waals surface area contributed by atoms with Crippen molar-refractivity contribution in [1.29, 1.82) is 0 Å². The average molecular weight is 271 g/mol. The summed E-state index contributed by atoms with van der Waals surface area (Å²) in [5.41, 5.74) is 2.47. The van der Waals surface area contributed by atoms with Gasteiger partial charge in [-0.25, -0.2) is 4.39 Å². The molecule has 0 aromatic heterocycles. The maximum Gasteiger partial charge on any atom is 0.123 e. The van der Waals surface area contributed by atoms with Gasteiger partial charge >= 0.3 is 0 Å². The lowest BCUT2D eigenvalue weighted by atomic mass is 10.0. The van der Waals surface area contributed by atoms with Crippen LogP contribution in [0.1, 0.15) is 37.4 Å². The van der Waals surface area contributed by atoms with Gasteiger partial charge in [-0.2, -0.15) is 0 Å². The molecular weight excluding hydrogens is 249 g/mol. The predicted molar refractivity (Wildman–Crippen MR) is 82.2 cm³/mol. The Morgan fingerprint density at radius 1 is 1.00 bits per heavy atom. The third kappa shape index (κ3) is 4.17. The first-order chi connectivity index (χ1) is 9.69. The van der Waals surface area contributed by atoms with Crippen molar-refractivity contribution in [1.82, 2.24) is 5.32 Å². The first-order valence-corrected chi connectivity index (χ1v) is 7.24. The number of rotatable bonds is 6. The number of hydrogen-bond acceptors (Lipinski definition) is 1. The minimum atomic E-state index is -0.183. The lowest BCUT2D eigenvalue weighted by Crippen LogP contribution is -2.32. The molecule has 20 heavy (non-hydrogen) atoms. The van der Waals surface area contributed by atoms with E-state index in [1.807, 2.05) is 18.2 Å². The largest absolute Gasteiger partial charge is 0.307 e. The highest BCUT2D eigenvalue weighted by atomic mass is 19.1. The van der Waals surface area contributed by atoms with Gasteiger partial charge in [0.25, 0.3) is 0 Å². The van der Waals surface area contributed by atoms with Crippen molar-refractivity contribution in [2.24, 2.45) is 0 Å². The Labute approximate surface area is 120 Å². The van der Waals surface area contributed by atoms with Crippen molar-refractivity contribution in [3.63, 3.8) is 0 Å². The van der Waals surface area contributed by atoms with Gasteiger partial charge in [0.2, 0.25) is 0 Å². The standard InChI is InChI=1S/C18H22FN/c1-3-18(13-15-7-5-4-6-8-15)20-14(2)16-9-11-17(19)12-10-16/h4-12,14,18,20H,3,13H2,1-2H3/t14-,18?/m1/s1. The molecule has 2 aromatic carbocycles. The number of nitrogens with one attached hydrogen (secondary N) is 1. The summed E-state index contributed by atoms with van der Waals surface area (Å²) in [6.07, 6.45) is 2.09. The van der Waals surface area contributed by atoms with Gasteiger partial charge < -0.3 is 5.32 Å². The topological polar surface area (TPSA) is 12.0 Å².